The summed E-state index contributed by atoms with van der Waals surface area (Å²) in [4.78, 5) is 19.3. The number of ether oxygens (including phenoxy) is 1. The number of nitrogens with zero attached hydrogens (tertiary/aromatic N) is 6. The van der Waals surface area contributed by atoms with E-state index in [4.69, 9.17) is 26.1 Å². The first kappa shape index (κ1) is 28.5. The zero-order valence-corrected chi connectivity index (χ0v) is 25.2. The van der Waals surface area contributed by atoms with Crippen molar-refractivity contribution in [1.29, 1.82) is 0 Å². The van der Waals surface area contributed by atoms with Gasteiger partial charge in [-0.15, -0.1) is 6.42 Å². The fourth-order valence-corrected chi connectivity index (χ4v) is 7.47. The average molecular weight is 614 g/mol. The summed E-state index contributed by atoms with van der Waals surface area (Å²) >= 11 is 0. The smallest absolute Gasteiger partial charge is 0.247 e. The van der Waals surface area contributed by atoms with Crippen molar-refractivity contribution in [2.24, 2.45) is 5.41 Å². The van der Waals surface area contributed by atoms with Gasteiger partial charge in [-0.1, -0.05) is 12.0 Å². The molecule has 0 unspecified atom stereocenters. The molecule has 4 aliphatic rings. The Bertz CT molecular complexity index is 1800. The van der Waals surface area contributed by atoms with Crippen LogP contribution in [0.15, 0.2) is 30.6 Å². The van der Waals surface area contributed by atoms with Gasteiger partial charge >= 0.3 is 0 Å². The largest absolute Gasteiger partial charge is 0.508 e. The van der Waals surface area contributed by atoms with Crippen molar-refractivity contribution in [1.82, 2.24) is 29.7 Å². The highest BCUT2D eigenvalue weighted by Gasteiger charge is 2.45. The summed E-state index contributed by atoms with van der Waals surface area (Å²) in [7, 11) is 0. The molecule has 2 N–H and O–H groups in total. The van der Waals surface area contributed by atoms with Gasteiger partial charge in [0.15, 0.2) is 11.2 Å². The van der Waals surface area contributed by atoms with E-state index < -0.39 is 12.0 Å². The summed E-state index contributed by atoms with van der Waals surface area (Å²) in [5.41, 5.74) is 2.01. The van der Waals surface area contributed by atoms with Gasteiger partial charge in [-0.05, 0) is 67.7 Å². The Morgan fingerprint density at radius 3 is 2.60 bits per heavy atom. The Hall–Kier alpha value is -4.01. The molecule has 0 amide bonds. The van der Waals surface area contributed by atoms with E-state index in [0.717, 1.165) is 58.4 Å². The Morgan fingerprint density at radius 2 is 1.87 bits per heavy atom. The van der Waals surface area contributed by atoms with Crippen LogP contribution in [-0.4, -0.2) is 87.1 Å². The van der Waals surface area contributed by atoms with Crippen molar-refractivity contribution < 1.29 is 18.6 Å². The summed E-state index contributed by atoms with van der Waals surface area (Å²) in [5, 5.41) is 15.4. The fraction of sp³-hybridized carbons (Fsp3) is 0.500. The minimum atomic E-state index is -0.689. The van der Waals surface area contributed by atoms with E-state index in [1.807, 2.05) is 4.57 Å². The summed E-state index contributed by atoms with van der Waals surface area (Å²) < 4.78 is 36.9. The lowest BCUT2D eigenvalue weighted by molar-refractivity contribution is 0.109. The van der Waals surface area contributed by atoms with Gasteiger partial charge in [-0.3, -0.25) is 0 Å². The molecule has 45 heavy (non-hydrogen) atoms. The molecule has 2 aromatic carbocycles. The Balaban J connectivity index is 1.14. The van der Waals surface area contributed by atoms with Crippen LogP contribution in [-0.2, 0) is 6.54 Å². The monoisotopic (exact) mass is 613 g/mol. The first-order chi connectivity index (χ1) is 21.9. The lowest BCUT2D eigenvalue weighted by Crippen LogP contribution is -2.51. The second-order valence-electron chi connectivity index (χ2n) is 13.4. The van der Waals surface area contributed by atoms with Crippen molar-refractivity contribution in [3.8, 4) is 24.0 Å². The molecule has 234 valence electrons. The average Bonchev–Trinajstić information content (AvgIpc) is 3.56. The van der Waals surface area contributed by atoms with Crippen molar-refractivity contribution in [3.63, 3.8) is 0 Å². The third kappa shape index (κ3) is 5.44. The van der Waals surface area contributed by atoms with Crippen LogP contribution in [0.5, 0.6) is 11.6 Å². The number of terminal acetylenes is 1. The number of halogens is 2. The SMILES string of the molecule is C#Cc1c(F)ccc2cc(O)cc(Cn3cnc4c(OCC5(CN6CCC(F)CC6)CC5)nc(N5C[C@H]6CC[C@@H](C5)N6)nc43)c12. The van der Waals surface area contributed by atoms with Crippen LogP contribution in [0.25, 0.3) is 21.9 Å². The number of alkyl halides is 1. The molecule has 2 bridgehead atoms. The van der Waals surface area contributed by atoms with Crippen LogP contribution in [0.3, 0.4) is 0 Å². The number of hydrogen-bond acceptors (Lipinski definition) is 8. The minimum absolute atomic E-state index is 0.0352. The zero-order chi connectivity index (χ0) is 30.7. The van der Waals surface area contributed by atoms with E-state index in [-0.39, 0.29) is 23.3 Å². The maximum atomic E-state index is 14.8. The van der Waals surface area contributed by atoms with Crippen LogP contribution in [0.2, 0.25) is 0 Å². The summed E-state index contributed by atoms with van der Waals surface area (Å²) in [6, 6.07) is 6.95. The number of phenols is 1. The number of piperazine rings is 1. The molecule has 2 aromatic heterocycles. The number of aromatic hydroxyl groups is 1. The maximum absolute atomic E-state index is 14.8. The Kier molecular flexibility index (Phi) is 7.02. The van der Waals surface area contributed by atoms with Gasteiger partial charge in [0.25, 0.3) is 0 Å². The van der Waals surface area contributed by atoms with Gasteiger partial charge in [-0.2, -0.15) is 9.97 Å². The Morgan fingerprint density at radius 1 is 1.09 bits per heavy atom. The fourth-order valence-electron chi connectivity index (χ4n) is 7.47. The molecule has 1 saturated carbocycles. The van der Waals surface area contributed by atoms with E-state index in [2.05, 4.69) is 21.0 Å². The number of hydrogen-bond donors (Lipinski definition) is 2. The normalized spacial score (nSPS) is 23.1. The number of anilines is 1. The van der Waals surface area contributed by atoms with E-state index in [0.29, 0.717) is 70.9 Å². The third-order valence-electron chi connectivity index (χ3n) is 10.1. The van der Waals surface area contributed by atoms with Crippen LogP contribution >= 0.6 is 0 Å². The molecule has 3 aliphatic heterocycles. The minimum Gasteiger partial charge on any atom is -0.508 e. The number of likely N-dealkylation sites (tertiary alicyclic amines) is 1. The summed E-state index contributed by atoms with van der Waals surface area (Å²) in [5.74, 6) is 3.13. The molecule has 1 aliphatic carbocycles. The molecule has 5 heterocycles. The summed E-state index contributed by atoms with van der Waals surface area (Å²) in [6.07, 6.45) is 12.3. The second-order valence-corrected chi connectivity index (χ2v) is 13.4. The molecule has 0 spiro atoms. The topological polar surface area (TPSA) is 91.6 Å². The number of fused-ring (bicyclic) bond motifs is 4. The highest BCUT2D eigenvalue weighted by atomic mass is 19.1. The predicted octanol–water partition coefficient (Wildman–Crippen LogP) is 4.39. The van der Waals surface area contributed by atoms with Crippen molar-refractivity contribution >= 4 is 27.9 Å². The molecule has 9 nitrogen and oxygen atoms in total. The molecule has 4 aromatic rings. The predicted molar refractivity (Wildman–Crippen MR) is 168 cm³/mol. The lowest BCUT2D eigenvalue weighted by Gasteiger charge is -2.33. The third-order valence-corrected chi connectivity index (χ3v) is 10.1. The van der Waals surface area contributed by atoms with Crippen LogP contribution in [0.4, 0.5) is 14.7 Å². The molecule has 3 saturated heterocycles. The number of aromatic nitrogens is 4. The van der Waals surface area contributed by atoms with Gasteiger partial charge in [0.05, 0.1) is 25.0 Å². The van der Waals surface area contributed by atoms with Crippen molar-refractivity contribution in [2.45, 2.75) is 63.3 Å². The lowest BCUT2D eigenvalue weighted by atomic mass is 9.98. The van der Waals surface area contributed by atoms with Gasteiger partial charge < -0.3 is 29.5 Å². The molecule has 4 fully saturated rings. The molecular formula is C34H37F2N7O2. The molecule has 11 heteroatoms. The molecule has 2 atom stereocenters. The van der Waals surface area contributed by atoms with E-state index >= 15 is 0 Å². The highest BCUT2D eigenvalue weighted by molar-refractivity contribution is 5.92. The van der Waals surface area contributed by atoms with Crippen molar-refractivity contribution in [3.05, 3.63) is 47.5 Å². The number of piperidine rings is 1. The number of nitrogens with one attached hydrogen (secondary N) is 1. The van der Waals surface area contributed by atoms with Gasteiger partial charge in [-0.25, -0.2) is 13.8 Å². The van der Waals surface area contributed by atoms with E-state index in [1.54, 1.807) is 24.5 Å². The van der Waals surface area contributed by atoms with Gasteiger partial charge in [0.2, 0.25) is 11.8 Å². The number of rotatable bonds is 8. The van der Waals surface area contributed by atoms with Gasteiger partial charge in [0.1, 0.15) is 17.7 Å². The van der Waals surface area contributed by atoms with E-state index in [1.165, 1.54) is 6.07 Å². The Labute approximate surface area is 260 Å². The molecule has 8 rings (SSSR count). The van der Waals surface area contributed by atoms with Crippen LogP contribution < -0.4 is 15.0 Å². The molecule has 0 radical (unpaired) electrons. The first-order valence-electron chi connectivity index (χ1n) is 16.0. The number of phenolic OH excluding ortho intramolecular Hbond substituents is 1. The summed E-state index contributed by atoms with van der Waals surface area (Å²) in [6.45, 7) is 4.87. The van der Waals surface area contributed by atoms with Crippen LogP contribution in [0.1, 0.15) is 49.7 Å². The highest BCUT2D eigenvalue weighted by Crippen LogP contribution is 2.47. The maximum Gasteiger partial charge on any atom is 0.247 e. The second kappa shape index (κ2) is 11.1. The van der Waals surface area contributed by atoms with E-state index in [9.17, 15) is 13.9 Å². The molecular weight excluding hydrogens is 576 g/mol. The van der Waals surface area contributed by atoms with Crippen LogP contribution in [0, 0.1) is 23.6 Å². The quantitative estimate of drug-likeness (QED) is 0.283. The number of benzene rings is 2. The number of imidazole rings is 1. The van der Waals surface area contributed by atoms with Crippen molar-refractivity contribution in [2.75, 3.05) is 44.2 Å². The van der Waals surface area contributed by atoms with Gasteiger partial charge in [0, 0.05) is 55.6 Å². The first-order valence-corrected chi connectivity index (χ1v) is 16.0. The standard InChI is InChI=1S/C34H37F2N7O2/c1-2-27-28(36)6-3-21-13-26(44)14-22(29(21)27)15-43-20-37-30-31(43)39-33(42-16-24-4-5-25(17-42)38-24)40-32(30)45-19-34(9-10-34)18-41-11-7-23(35)8-12-41/h1,3,6,13-14,20,23-25,38,44H,4-5,7-12,15-19H2/t24-,25+. The zero-order valence-electron chi connectivity index (χ0n) is 25.2.